The second-order valence-corrected chi connectivity index (χ2v) is 5.72. The highest BCUT2D eigenvalue weighted by Gasteiger charge is 2.21. The molecule has 1 aliphatic carbocycles. The molecule has 2 atom stereocenters. The van der Waals surface area contributed by atoms with Crippen LogP contribution in [0.5, 0.6) is 5.88 Å². The number of aryl methyl sites for hydroxylation is 1. The number of aromatic nitrogens is 2. The highest BCUT2D eigenvalue weighted by atomic mass is 16.5. The van der Waals surface area contributed by atoms with Gasteiger partial charge in [0.15, 0.2) is 0 Å². The van der Waals surface area contributed by atoms with Crippen molar-refractivity contribution in [2.24, 2.45) is 5.92 Å². The van der Waals surface area contributed by atoms with Crippen LogP contribution < -0.4 is 10.1 Å². The molecule has 112 valence electrons. The Morgan fingerprint density at radius 2 is 2.05 bits per heavy atom. The zero-order valence-corrected chi connectivity index (χ0v) is 13.0. The molecule has 4 heteroatoms. The fourth-order valence-electron chi connectivity index (χ4n) is 2.71. The molecule has 20 heavy (non-hydrogen) atoms. The van der Waals surface area contributed by atoms with Crippen LogP contribution in [0.1, 0.15) is 58.7 Å². The lowest BCUT2D eigenvalue weighted by Gasteiger charge is -2.30. The third-order valence-corrected chi connectivity index (χ3v) is 3.96. The summed E-state index contributed by atoms with van der Waals surface area (Å²) in [4.78, 5) is 9.01. The maximum atomic E-state index is 5.66. The van der Waals surface area contributed by atoms with E-state index in [1.807, 2.05) is 6.07 Å². The van der Waals surface area contributed by atoms with E-state index in [-0.39, 0.29) is 0 Å². The first-order valence-corrected chi connectivity index (χ1v) is 8.00. The number of hydrogen-bond acceptors (Lipinski definition) is 4. The van der Waals surface area contributed by atoms with Gasteiger partial charge >= 0.3 is 0 Å². The van der Waals surface area contributed by atoms with Crippen molar-refractivity contribution in [1.82, 2.24) is 9.97 Å². The topological polar surface area (TPSA) is 47.0 Å². The van der Waals surface area contributed by atoms with Crippen LogP contribution in [-0.4, -0.2) is 22.6 Å². The molecule has 0 radical (unpaired) electrons. The molecule has 1 N–H and O–H groups in total. The quantitative estimate of drug-likeness (QED) is 0.858. The molecule has 1 fully saturated rings. The molecule has 1 saturated carbocycles. The van der Waals surface area contributed by atoms with Crippen molar-refractivity contribution in [2.75, 3.05) is 11.9 Å². The first-order valence-electron chi connectivity index (χ1n) is 8.00. The summed E-state index contributed by atoms with van der Waals surface area (Å²) in [5, 5.41) is 3.59. The number of anilines is 1. The molecule has 0 spiro atoms. The van der Waals surface area contributed by atoms with Crippen LogP contribution in [0, 0.1) is 5.92 Å². The van der Waals surface area contributed by atoms with Gasteiger partial charge in [-0.15, -0.1) is 0 Å². The van der Waals surface area contributed by atoms with E-state index in [1.54, 1.807) is 0 Å². The third kappa shape index (κ3) is 4.09. The van der Waals surface area contributed by atoms with Crippen molar-refractivity contribution in [1.29, 1.82) is 0 Å². The normalized spacial score (nSPS) is 22.6. The van der Waals surface area contributed by atoms with Gasteiger partial charge in [0.2, 0.25) is 5.88 Å². The van der Waals surface area contributed by atoms with Crippen LogP contribution in [-0.2, 0) is 6.42 Å². The predicted octanol–water partition coefficient (Wildman–Crippen LogP) is 3.82. The minimum absolute atomic E-state index is 0.530. The largest absolute Gasteiger partial charge is 0.478 e. The maximum absolute atomic E-state index is 5.66. The fourth-order valence-corrected chi connectivity index (χ4v) is 2.71. The van der Waals surface area contributed by atoms with Gasteiger partial charge in [-0.3, -0.25) is 0 Å². The summed E-state index contributed by atoms with van der Waals surface area (Å²) in [7, 11) is 0. The third-order valence-electron chi connectivity index (χ3n) is 3.96. The summed E-state index contributed by atoms with van der Waals surface area (Å²) in [5.74, 6) is 3.18. The van der Waals surface area contributed by atoms with Gasteiger partial charge < -0.3 is 10.1 Å². The summed E-state index contributed by atoms with van der Waals surface area (Å²) in [5.41, 5.74) is 0. The van der Waals surface area contributed by atoms with Crippen LogP contribution >= 0.6 is 0 Å². The first-order chi connectivity index (χ1) is 9.72. The van der Waals surface area contributed by atoms with Gasteiger partial charge in [-0.2, -0.15) is 4.98 Å². The number of nitrogens with one attached hydrogen (secondary N) is 1. The Balaban J connectivity index is 2.08. The van der Waals surface area contributed by atoms with Crippen molar-refractivity contribution in [3.63, 3.8) is 0 Å². The lowest BCUT2D eigenvalue weighted by Crippen LogP contribution is -2.30. The van der Waals surface area contributed by atoms with Crippen LogP contribution in [0.2, 0.25) is 0 Å². The summed E-state index contributed by atoms with van der Waals surface area (Å²) >= 11 is 0. The maximum Gasteiger partial charge on any atom is 0.218 e. The SMILES string of the molecule is CCCOc1cc(NC2CCCCC2C)nc(CC)n1. The molecule has 1 heterocycles. The zero-order valence-electron chi connectivity index (χ0n) is 13.0. The predicted molar refractivity (Wildman–Crippen MR) is 82.2 cm³/mol. The number of rotatable bonds is 6. The molecule has 2 rings (SSSR count). The number of hydrogen-bond donors (Lipinski definition) is 1. The van der Waals surface area contributed by atoms with E-state index >= 15 is 0 Å². The van der Waals surface area contributed by atoms with Gasteiger partial charge in [0, 0.05) is 18.5 Å². The summed E-state index contributed by atoms with van der Waals surface area (Å²) in [6.07, 6.45) is 7.04. The first kappa shape index (κ1) is 15.1. The van der Waals surface area contributed by atoms with Gasteiger partial charge in [-0.1, -0.05) is 33.6 Å². The van der Waals surface area contributed by atoms with E-state index in [9.17, 15) is 0 Å². The van der Waals surface area contributed by atoms with Crippen molar-refractivity contribution < 1.29 is 4.74 Å². The monoisotopic (exact) mass is 277 g/mol. The van der Waals surface area contributed by atoms with E-state index in [0.717, 1.165) is 24.5 Å². The smallest absolute Gasteiger partial charge is 0.218 e. The Bertz CT molecular complexity index is 422. The molecular formula is C16H27N3O. The minimum Gasteiger partial charge on any atom is -0.478 e. The van der Waals surface area contributed by atoms with Gasteiger partial charge in [0.25, 0.3) is 0 Å². The lowest BCUT2D eigenvalue weighted by atomic mass is 9.86. The van der Waals surface area contributed by atoms with Crippen molar-refractivity contribution in [3.05, 3.63) is 11.9 Å². The average molecular weight is 277 g/mol. The summed E-state index contributed by atoms with van der Waals surface area (Å²) < 4.78 is 5.66. The molecule has 4 nitrogen and oxygen atoms in total. The molecule has 1 aliphatic rings. The van der Waals surface area contributed by atoms with E-state index in [4.69, 9.17) is 4.74 Å². The Morgan fingerprint density at radius 3 is 2.75 bits per heavy atom. The molecule has 0 amide bonds. The zero-order chi connectivity index (χ0) is 14.4. The van der Waals surface area contributed by atoms with E-state index < -0.39 is 0 Å². The van der Waals surface area contributed by atoms with Gasteiger partial charge in [0.1, 0.15) is 11.6 Å². The highest BCUT2D eigenvalue weighted by molar-refractivity contribution is 5.39. The highest BCUT2D eigenvalue weighted by Crippen LogP contribution is 2.27. The molecule has 1 aromatic rings. The summed E-state index contributed by atoms with van der Waals surface area (Å²) in [6.45, 7) is 7.21. The molecule has 1 aromatic heterocycles. The van der Waals surface area contributed by atoms with Gasteiger partial charge in [-0.25, -0.2) is 4.98 Å². The Kier molecular flexibility index (Phi) is 5.62. The van der Waals surface area contributed by atoms with E-state index in [1.165, 1.54) is 25.7 Å². The van der Waals surface area contributed by atoms with Crippen LogP contribution in [0.25, 0.3) is 0 Å². The van der Waals surface area contributed by atoms with Crippen molar-refractivity contribution in [2.45, 2.75) is 65.3 Å². The van der Waals surface area contributed by atoms with Crippen LogP contribution in [0.15, 0.2) is 6.07 Å². The van der Waals surface area contributed by atoms with Crippen molar-refractivity contribution >= 4 is 5.82 Å². The second kappa shape index (κ2) is 7.46. The number of ether oxygens (including phenoxy) is 1. The lowest BCUT2D eigenvalue weighted by molar-refractivity contribution is 0.303. The molecule has 0 aliphatic heterocycles. The average Bonchev–Trinajstić information content (AvgIpc) is 2.47. The standard InChI is InChI=1S/C16H27N3O/c1-4-10-20-16-11-15(18-14(5-2)19-16)17-13-9-7-6-8-12(13)3/h11-13H,4-10H2,1-3H3,(H,17,18,19). The van der Waals surface area contributed by atoms with Crippen LogP contribution in [0.3, 0.4) is 0 Å². The Morgan fingerprint density at radius 1 is 1.25 bits per heavy atom. The molecule has 0 bridgehead atoms. The van der Waals surface area contributed by atoms with Crippen LogP contribution in [0.4, 0.5) is 5.82 Å². The van der Waals surface area contributed by atoms with E-state index in [2.05, 4.69) is 36.1 Å². The molecule has 2 unspecified atom stereocenters. The molecule has 0 saturated heterocycles. The molecular weight excluding hydrogens is 250 g/mol. The number of nitrogens with zero attached hydrogens (tertiary/aromatic N) is 2. The molecule has 0 aromatic carbocycles. The summed E-state index contributed by atoms with van der Waals surface area (Å²) in [6, 6.07) is 2.47. The van der Waals surface area contributed by atoms with Crippen molar-refractivity contribution in [3.8, 4) is 5.88 Å². The van der Waals surface area contributed by atoms with Gasteiger partial charge in [-0.05, 0) is 25.2 Å². The Hall–Kier alpha value is -1.32. The Labute approximate surface area is 122 Å². The fraction of sp³-hybridized carbons (Fsp3) is 0.750. The second-order valence-electron chi connectivity index (χ2n) is 5.72. The van der Waals surface area contributed by atoms with E-state index in [0.29, 0.717) is 24.4 Å². The minimum atomic E-state index is 0.530. The van der Waals surface area contributed by atoms with Gasteiger partial charge in [0.05, 0.1) is 6.61 Å².